The van der Waals surface area contributed by atoms with Crippen molar-refractivity contribution in [1.29, 1.82) is 0 Å². The lowest BCUT2D eigenvalue weighted by Crippen LogP contribution is -2.06. The molecule has 1 aromatic rings. The van der Waals surface area contributed by atoms with Gasteiger partial charge in [0.1, 0.15) is 0 Å². The van der Waals surface area contributed by atoms with Gasteiger partial charge in [-0.3, -0.25) is 0 Å². The highest BCUT2D eigenvalue weighted by Crippen LogP contribution is 1.96. The van der Waals surface area contributed by atoms with Crippen molar-refractivity contribution in [2.45, 2.75) is 21.3 Å². The monoisotopic (exact) mass is 172 g/mol. The molecular formula is C7H12N2O3. The largest absolute Gasteiger partial charge is 0.460 e. The van der Waals surface area contributed by atoms with Gasteiger partial charge in [-0.2, -0.15) is 4.98 Å². The molecule has 0 amide bonds. The number of hydrogen-bond acceptors (Lipinski definition) is 5. The van der Waals surface area contributed by atoms with Gasteiger partial charge in [-0.05, 0) is 12.1 Å². The number of carbonyl (C=O) groups excluding carboxylic acids is 1. The number of ether oxygens (including phenoxy) is 1. The molecule has 0 saturated heterocycles. The summed E-state index contributed by atoms with van der Waals surface area (Å²) < 4.78 is 9.19. The minimum absolute atomic E-state index is 0. The van der Waals surface area contributed by atoms with E-state index in [1.165, 1.54) is 0 Å². The van der Waals surface area contributed by atoms with Gasteiger partial charge in [0.25, 0.3) is 5.82 Å². The molecule has 0 saturated carbocycles. The summed E-state index contributed by atoms with van der Waals surface area (Å²) in [5.41, 5.74) is 0. The summed E-state index contributed by atoms with van der Waals surface area (Å²) in [5, 5.41) is 3.37. The van der Waals surface area contributed by atoms with Crippen LogP contribution in [0.2, 0.25) is 0 Å². The van der Waals surface area contributed by atoms with E-state index < -0.39 is 5.97 Å². The Labute approximate surface area is 70.7 Å². The summed E-state index contributed by atoms with van der Waals surface area (Å²) in [6.07, 6.45) is 0. The van der Waals surface area contributed by atoms with Crippen LogP contribution >= 0.6 is 0 Å². The Morgan fingerprint density at radius 2 is 2.33 bits per heavy atom. The highest BCUT2D eigenvalue weighted by Gasteiger charge is 2.12. The first-order valence-corrected chi connectivity index (χ1v) is 3.21. The highest BCUT2D eigenvalue weighted by molar-refractivity contribution is 5.84. The molecule has 12 heavy (non-hydrogen) atoms. The number of rotatable bonds is 2. The van der Waals surface area contributed by atoms with Gasteiger partial charge in [0.05, 0.1) is 6.61 Å². The zero-order valence-corrected chi connectivity index (χ0v) is 6.33. The van der Waals surface area contributed by atoms with Crippen LogP contribution in [-0.2, 0) is 4.74 Å². The SMILES string of the molecule is C.CCOC(=O)c1noc(C)n1. The van der Waals surface area contributed by atoms with E-state index in [0.29, 0.717) is 12.5 Å². The number of hydrogen-bond donors (Lipinski definition) is 0. The van der Waals surface area contributed by atoms with Crippen LogP contribution in [0.25, 0.3) is 0 Å². The van der Waals surface area contributed by atoms with Gasteiger partial charge in [-0.15, -0.1) is 0 Å². The summed E-state index contributed by atoms with van der Waals surface area (Å²) in [6, 6.07) is 0. The first kappa shape index (κ1) is 10.6. The molecule has 5 heteroatoms. The standard InChI is InChI=1S/C6H8N2O3.CH4/c1-3-10-6(9)5-7-4(2)11-8-5;/h3H2,1-2H3;1H4. The van der Waals surface area contributed by atoms with Crippen molar-refractivity contribution in [2.24, 2.45) is 0 Å². The maximum Gasteiger partial charge on any atom is 0.379 e. The molecular weight excluding hydrogens is 160 g/mol. The Balaban J connectivity index is 0.00000121. The van der Waals surface area contributed by atoms with Crippen molar-refractivity contribution >= 4 is 5.97 Å². The van der Waals surface area contributed by atoms with Gasteiger partial charge < -0.3 is 9.26 Å². The van der Waals surface area contributed by atoms with Crippen molar-refractivity contribution in [3.8, 4) is 0 Å². The molecule has 0 radical (unpaired) electrons. The second kappa shape index (κ2) is 4.48. The fraction of sp³-hybridized carbons (Fsp3) is 0.571. The van der Waals surface area contributed by atoms with Crippen LogP contribution in [0.3, 0.4) is 0 Å². The van der Waals surface area contributed by atoms with Crippen molar-refractivity contribution < 1.29 is 14.1 Å². The van der Waals surface area contributed by atoms with Crippen LogP contribution in [0.4, 0.5) is 0 Å². The minimum Gasteiger partial charge on any atom is -0.460 e. The zero-order valence-electron chi connectivity index (χ0n) is 6.33. The molecule has 0 aliphatic carbocycles. The summed E-state index contributed by atoms with van der Waals surface area (Å²) in [4.78, 5) is 14.5. The van der Waals surface area contributed by atoms with Crippen LogP contribution in [0.5, 0.6) is 0 Å². The average molecular weight is 172 g/mol. The fourth-order valence-electron chi connectivity index (χ4n) is 0.578. The predicted molar refractivity (Wildman–Crippen MR) is 41.7 cm³/mol. The van der Waals surface area contributed by atoms with E-state index in [1.807, 2.05) is 0 Å². The van der Waals surface area contributed by atoms with E-state index in [4.69, 9.17) is 0 Å². The molecule has 1 rings (SSSR count). The smallest absolute Gasteiger partial charge is 0.379 e. The molecule has 0 fully saturated rings. The molecule has 0 atom stereocenters. The maximum absolute atomic E-state index is 10.9. The number of aromatic nitrogens is 2. The average Bonchev–Trinajstić information content (AvgIpc) is 2.36. The van der Waals surface area contributed by atoms with Crippen molar-refractivity contribution in [3.63, 3.8) is 0 Å². The third-order valence-electron chi connectivity index (χ3n) is 0.986. The molecule has 0 N–H and O–H groups in total. The molecule has 1 heterocycles. The maximum atomic E-state index is 10.9. The molecule has 0 bridgehead atoms. The Bertz CT molecular complexity index is 257. The lowest BCUT2D eigenvalue weighted by atomic mass is 10.6. The van der Waals surface area contributed by atoms with E-state index in [9.17, 15) is 4.79 Å². The van der Waals surface area contributed by atoms with Crippen LogP contribution in [0, 0.1) is 6.92 Å². The van der Waals surface area contributed by atoms with E-state index in [0.717, 1.165) is 0 Å². The third-order valence-corrected chi connectivity index (χ3v) is 0.986. The van der Waals surface area contributed by atoms with Crippen molar-refractivity contribution in [2.75, 3.05) is 6.61 Å². The van der Waals surface area contributed by atoms with Crippen LogP contribution in [-0.4, -0.2) is 22.7 Å². The highest BCUT2D eigenvalue weighted by atomic mass is 16.5. The molecule has 1 aromatic heterocycles. The molecule has 0 unspecified atom stereocenters. The van der Waals surface area contributed by atoms with Gasteiger partial charge in [0, 0.05) is 6.92 Å². The molecule has 68 valence electrons. The molecule has 0 aromatic carbocycles. The second-order valence-corrected chi connectivity index (χ2v) is 1.86. The fourth-order valence-corrected chi connectivity index (χ4v) is 0.578. The van der Waals surface area contributed by atoms with Gasteiger partial charge in [0.15, 0.2) is 0 Å². The number of esters is 1. The van der Waals surface area contributed by atoms with E-state index in [-0.39, 0.29) is 13.3 Å². The Kier molecular flexibility index (Phi) is 3.96. The Hall–Kier alpha value is -1.39. The lowest BCUT2D eigenvalue weighted by molar-refractivity contribution is 0.0508. The minimum atomic E-state index is -0.552. The van der Waals surface area contributed by atoms with Crippen molar-refractivity contribution in [3.05, 3.63) is 11.7 Å². The van der Waals surface area contributed by atoms with Gasteiger partial charge in [-0.25, -0.2) is 4.79 Å². The summed E-state index contributed by atoms with van der Waals surface area (Å²) in [5.74, 6) is -0.221. The molecule has 5 nitrogen and oxygen atoms in total. The predicted octanol–water partition coefficient (Wildman–Crippen LogP) is 1.19. The first-order valence-electron chi connectivity index (χ1n) is 3.21. The van der Waals surface area contributed by atoms with Gasteiger partial charge >= 0.3 is 5.97 Å². The van der Waals surface area contributed by atoms with Crippen LogP contribution in [0.15, 0.2) is 4.52 Å². The van der Waals surface area contributed by atoms with Crippen LogP contribution < -0.4 is 0 Å². The number of carbonyl (C=O) groups is 1. The number of nitrogens with zero attached hydrogens (tertiary/aromatic N) is 2. The van der Waals surface area contributed by atoms with E-state index in [2.05, 4.69) is 19.4 Å². The topological polar surface area (TPSA) is 65.2 Å². The molecule has 0 aliphatic heterocycles. The van der Waals surface area contributed by atoms with Gasteiger partial charge in [-0.1, -0.05) is 7.43 Å². The summed E-state index contributed by atoms with van der Waals surface area (Å²) in [7, 11) is 0. The summed E-state index contributed by atoms with van der Waals surface area (Å²) in [6.45, 7) is 3.63. The van der Waals surface area contributed by atoms with Gasteiger partial charge in [0.2, 0.25) is 5.89 Å². The zero-order chi connectivity index (χ0) is 8.27. The summed E-state index contributed by atoms with van der Waals surface area (Å²) >= 11 is 0. The van der Waals surface area contributed by atoms with E-state index in [1.54, 1.807) is 13.8 Å². The molecule has 0 aliphatic rings. The normalized spacial score (nSPS) is 8.83. The molecule has 0 spiro atoms. The quantitative estimate of drug-likeness (QED) is 0.627. The third kappa shape index (κ3) is 2.34. The Morgan fingerprint density at radius 3 is 2.75 bits per heavy atom. The van der Waals surface area contributed by atoms with Crippen molar-refractivity contribution in [1.82, 2.24) is 10.1 Å². The number of aryl methyl sites for hydroxylation is 1. The second-order valence-electron chi connectivity index (χ2n) is 1.86. The van der Waals surface area contributed by atoms with E-state index >= 15 is 0 Å². The first-order chi connectivity index (χ1) is 5.24. The lowest BCUT2D eigenvalue weighted by Gasteiger charge is -1.93. The Morgan fingerprint density at radius 1 is 1.67 bits per heavy atom. The van der Waals surface area contributed by atoms with Crippen LogP contribution in [0.1, 0.15) is 30.9 Å².